The molecule has 0 saturated carbocycles. The van der Waals surface area contributed by atoms with Gasteiger partial charge in [0.15, 0.2) is 0 Å². The number of aromatic nitrogens is 2. The Labute approximate surface area is 126 Å². The third-order valence-electron chi connectivity index (χ3n) is 2.96. The number of carbonyl (C=O) groups excluding carboxylic acids is 2. The van der Waals surface area contributed by atoms with Crippen LogP contribution in [0.2, 0.25) is 0 Å². The van der Waals surface area contributed by atoms with E-state index in [4.69, 9.17) is 0 Å². The van der Waals surface area contributed by atoms with Gasteiger partial charge in [-0.15, -0.1) is 0 Å². The van der Waals surface area contributed by atoms with Gasteiger partial charge in [0.2, 0.25) is 5.91 Å². The summed E-state index contributed by atoms with van der Waals surface area (Å²) in [5.41, 5.74) is 1.09. The van der Waals surface area contributed by atoms with Crippen molar-refractivity contribution in [1.82, 2.24) is 20.2 Å². The predicted octanol–water partition coefficient (Wildman–Crippen LogP) is 1.55. The number of amides is 2. The molecule has 0 spiro atoms. The van der Waals surface area contributed by atoms with Crippen molar-refractivity contribution >= 4 is 11.8 Å². The van der Waals surface area contributed by atoms with Crippen LogP contribution in [0.5, 0.6) is 0 Å². The average Bonchev–Trinajstić information content (AvgIpc) is 2.49. The summed E-state index contributed by atoms with van der Waals surface area (Å²) in [6, 6.07) is 0. The molecule has 1 heterocycles. The van der Waals surface area contributed by atoms with Crippen LogP contribution in [0.25, 0.3) is 0 Å². The van der Waals surface area contributed by atoms with Crippen molar-refractivity contribution < 1.29 is 9.59 Å². The zero-order valence-corrected chi connectivity index (χ0v) is 13.1. The first-order valence-corrected chi connectivity index (χ1v) is 7.43. The molecular weight excluding hydrogens is 268 g/mol. The van der Waals surface area contributed by atoms with E-state index in [1.54, 1.807) is 11.1 Å². The van der Waals surface area contributed by atoms with Gasteiger partial charge in [0, 0.05) is 32.3 Å². The molecule has 6 nitrogen and oxygen atoms in total. The van der Waals surface area contributed by atoms with Gasteiger partial charge >= 0.3 is 0 Å². The molecule has 1 rings (SSSR count). The topological polar surface area (TPSA) is 75.2 Å². The zero-order valence-electron chi connectivity index (χ0n) is 13.1. The fraction of sp³-hybridized carbons (Fsp3) is 0.600. The summed E-state index contributed by atoms with van der Waals surface area (Å²) in [4.78, 5) is 33.9. The molecule has 0 aliphatic heterocycles. The van der Waals surface area contributed by atoms with E-state index in [-0.39, 0.29) is 11.8 Å². The lowest BCUT2D eigenvalue weighted by atomic mass is 10.3. The second-order valence-corrected chi connectivity index (χ2v) is 4.94. The van der Waals surface area contributed by atoms with Crippen LogP contribution in [0.1, 0.15) is 49.3 Å². The van der Waals surface area contributed by atoms with Gasteiger partial charge in [0.1, 0.15) is 5.69 Å². The number of hydrogen-bond donors (Lipinski definition) is 1. The van der Waals surface area contributed by atoms with Crippen molar-refractivity contribution in [3.63, 3.8) is 0 Å². The molecule has 2 amide bonds. The molecule has 0 aliphatic carbocycles. The molecule has 21 heavy (non-hydrogen) atoms. The SMILES string of the molecule is CCCNC(=O)CCN(CCC)C(=O)c1cnc(C)cn1. The highest BCUT2D eigenvalue weighted by molar-refractivity contribution is 5.92. The van der Waals surface area contributed by atoms with Crippen LogP contribution in [0.3, 0.4) is 0 Å². The first kappa shape index (κ1) is 17.1. The van der Waals surface area contributed by atoms with Crippen molar-refractivity contribution in [2.45, 2.75) is 40.0 Å². The van der Waals surface area contributed by atoms with Crippen LogP contribution in [0.4, 0.5) is 0 Å². The zero-order chi connectivity index (χ0) is 15.7. The lowest BCUT2D eigenvalue weighted by Crippen LogP contribution is -2.36. The van der Waals surface area contributed by atoms with E-state index in [2.05, 4.69) is 15.3 Å². The van der Waals surface area contributed by atoms with E-state index in [0.717, 1.165) is 18.5 Å². The van der Waals surface area contributed by atoms with Gasteiger partial charge in [-0.1, -0.05) is 13.8 Å². The summed E-state index contributed by atoms with van der Waals surface area (Å²) in [6.07, 6.45) is 5.11. The molecule has 0 aromatic carbocycles. The van der Waals surface area contributed by atoms with Gasteiger partial charge in [-0.2, -0.15) is 0 Å². The standard InChI is InChI=1S/C15H24N4O2/c1-4-7-16-14(20)6-9-19(8-5-2)15(21)13-11-17-12(3)10-18-13/h10-11H,4-9H2,1-3H3,(H,16,20). The molecule has 116 valence electrons. The Morgan fingerprint density at radius 2 is 1.90 bits per heavy atom. The third kappa shape index (κ3) is 5.89. The summed E-state index contributed by atoms with van der Waals surface area (Å²) in [5, 5.41) is 2.81. The molecule has 0 radical (unpaired) electrons. The van der Waals surface area contributed by atoms with E-state index in [1.165, 1.54) is 6.20 Å². The second-order valence-electron chi connectivity index (χ2n) is 4.94. The Morgan fingerprint density at radius 1 is 1.14 bits per heavy atom. The molecule has 6 heteroatoms. The Balaban J connectivity index is 2.61. The third-order valence-corrected chi connectivity index (χ3v) is 2.96. The molecule has 0 atom stereocenters. The highest BCUT2D eigenvalue weighted by atomic mass is 16.2. The van der Waals surface area contributed by atoms with Crippen molar-refractivity contribution in [2.24, 2.45) is 0 Å². The van der Waals surface area contributed by atoms with Gasteiger partial charge in [-0.25, -0.2) is 4.98 Å². The number of carbonyl (C=O) groups is 2. The van der Waals surface area contributed by atoms with Gasteiger partial charge in [-0.05, 0) is 19.8 Å². The summed E-state index contributed by atoms with van der Waals surface area (Å²) in [7, 11) is 0. The Kier molecular flexibility index (Phi) is 7.36. The smallest absolute Gasteiger partial charge is 0.274 e. The Hall–Kier alpha value is -1.98. The summed E-state index contributed by atoms with van der Waals surface area (Å²) in [5.74, 6) is -0.201. The fourth-order valence-corrected chi connectivity index (χ4v) is 1.84. The van der Waals surface area contributed by atoms with Crippen LogP contribution >= 0.6 is 0 Å². The van der Waals surface area contributed by atoms with E-state index >= 15 is 0 Å². The maximum atomic E-state index is 12.4. The fourth-order valence-electron chi connectivity index (χ4n) is 1.84. The molecule has 0 aliphatic rings. The molecule has 0 bridgehead atoms. The minimum atomic E-state index is -0.173. The van der Waals surface area contributed by atoms with Gasteiger partial charge in [0.25, 0.3) is 5.91 Å². The van der Waals surface area contributed by atoms with Crippen molar-refractivity contribution in [3.05, 3.63) is 23.8 Å². The minimum Gasteiger partial charge on any atom is -0.356 e. The maximum Gasteiger partial charge on any atom is 0.274 e. The maximum absolute atomic E-state index is 12.4. The van der Waals surface area contributed by atoms with Crippen molar-refractivity contribution in [2.75, 3.05) is 19.6 Å². The summed E-state index contributed by atoms with van der Waals surface area (Å²) < 4.78 is 0. The number of nitrogens with zero attached hydrogens (tertiary/aromatic N) is 3. The second kappa shape index (κ2) is 9.05. The predicted molar refractivity (Wildman–Crippen MR) is 80.9 cm³/mol. The van der Waals surface area contributed by atoms with E-state index in [0.29, 0.717) is 31.7 Å². The van der Waals surface area contributed by atoms with Gasteiger partial charge in [0.05, 0.1) is 11.9 Å². The molecule has 1 N–H and O–H groups in total. The van der Waals surface area contributed by atoms with Crippen LogP contribution < -0.4 is 5.32 Å². The normalized spacial score (nSPS) is 10.2. The molecule has 1 aromatic rings. The highest BCUT2D eigenvalue weighted by Gasteiger charge is 2.17. The largest absolute Gasteiger partial charge is 0.356 e. The number of aryl methyl sites for hydroxylation is 1. The Morgan fingerprint density at radius 3 is 2.48 bits per heavy atom. The quantitative estimate of drug-likeness (QED) is 0.789. The Bertz CT molecular complexity index is 459. The summed E-state index contributed by atoms with van der Waals surface area (Å²) >= 11 is 0. The molecule has 1 aromatic heterocycles. The minimum absolute atomic E-state index is 0.0271. The van der Waals surface area contributed by atoms with E-state index in [1.807, 2.05) is 20.8 Å². The molecule has 0 saturated heterocycles. The number of nitrogens with one attached hydrogen (secondary N) is 1. The van der Waals surface area contributed by atoms with Crippen molar-refractivity contribution in [3.8, 4) is 0 Å². The van der Waals surface area contributed by atoms with Crippen LogP contribution in [0, 0.1) is 6.92 Å². The molecule has 0 fully saturated rings. The van der Waals surface area contributed by atoms with E-state index in [9.17, 15) is 9.59 Å². The molecule has 0 unspecified atom stereocenters. The van der Waals surface area contributed by atoms with Crippen LogP contribution in [-0.4, -0.2) is 46.3 Å². The average molecular weight is 292 g/mol. The molecular formula is C15H24N4O2. The lowest BCUT2D eigenvalue weighted by Gasteiger charge is -2.21. The summed E-state index contributed by atoms with van der Waals surface area (Å²) in [6.45, 7) is 7.50. The number of rotatable bonds is 8. The first-order chi connectivity index (χ1) is 10.1. The van der Waals surface area contributed by atoms with Gasteiger partial charge in [-0.3, -0.25) is 14.6 Å². The van der Waals surface area contributed by atoms with Crippen LogP contribution in [0.15, 0.2) is 12.4 Å². The van der Waals surface area contributed by atoms with Gasteiger partial charge < -0.3 is 10.2 Å². The monoisotopic (exact) mass is 292 g/mol. The highest BCUT2D eigenvalue weighted by Crippen LogP contribution is 2.04. The van der Waals surface area contributed by atoms with E-state index < -0.39 is 0 Å². The van der Waals surface area contributed by atoms with Crippen molar-refractivity contribution in [1.29, 1.82) is 0 Å². The van der Waals surface area contributed by atoms with Crippen LogP contribution in [-0.2, 0) is 4.79 Å². The lowest BCUT2D eigenvalue weighted by molar-refractivity contribution is -0.121. The first-order valence-electron chi connectivity index (χ1n) is 7.43. The number of hydrogen-bond acceptors (Lipinski definition) is 4.